The van der Waals surface area contributed by atoms with E-state index in [1.807, 2.05) is 23.7 Å². The molecule has 1 unspecified atom stereocenters. The number of hydrogen-bond acceptors (Lipinski definition) is 7. The quantitative estimate of drug-likeness (QED) is 0.639. The van der Waals surface area contributed by atoms with Gasteiger partial charge >= 0.3 is 6.03 Å². The number of carbonyl (C=O) groups excluding carboxylic acids is 1. The van der Waals surface area contributed by atoms with Crippen molar-refractivity contribution < 1.29 is 19.0 Å². The van der Waals surface area contributed by atoms with Crippen LogP contribution in [-0.4, -0.2) is 65.4 Å². The van der Waals surface area contributed by atoms with E-state index in [4.69, 9.17) is 14.2 Å². The van der Waals surface area contributed by atoms with E-state index in [-0.39, 0.29) is 11.6 Å². The van der Waals surface area contributed by atoms with Crippen molar-refractivity contribution in [3.63, 3.8) is 0 Å². The van der Waals surface area contributed by atoms with E-state index < -0.39 is 0 Å². The monoisotopic (exact) mass is 444 g/mol. The summed E-state index contributed by atoms with van der Waals surface area (Å²) >= 11 is 0. The zero-order chi connectivity index (χ0) is 22.6. The summed E-state index contributed by atoms with van der Waals surface area (Å²) < 4.78 is 19.1. The zero-order valence-corrected chi connectivity index (χ0v) is 19.0. The van der Waals surface area contributed by atoms with Gasteiger partial charge in [-0.2, -0.15) is 0 Å². The molecule has 0 saturated carbocycles. The van der Waals surface area contributed by atoms with Crippen molar-refractivity contribution in [3.05, 3.63) is 35.2 Å². The smallest absolute Gasteiger partial charge is 0.315 e. The lowest BCUT2D eigenvalue weighted by atomic mass is 10.0. The Labute approximate surface area is 188 Å². The third-order valence-corrected chi connectivity index (χ3v) is 6.11. The molecule has 3 heterocycles. The minimum atomic E-state index is -0.274. The highest BCUT2D eigenvalue weighted by atomic mass is 16.5. The average molecular weight is 445 g/mol. The number of carbonyl (C=O) groups is 1. The van der Waals surface area contributed by atoms with Crippen LogP contribution in [0.1, 0.15) is 36.7 Å². The first-order chi connectivity index (χ1) is 15.6. The molecule has 2 aliphatic rings. The van der Waals surface area contributed by atoms with Gasteiger partial charge in [0.15, 0.2) is 0 Å². The van der Waals surface area contributed by atoms with Crippen LogP contribution in [0, 0.1) is 0 Å². The molecule has 32 heavy (non-hydrogen) atoms. The lowest BCUT2D eigenvalue weighted by Gasteiger charge is -2.34. The van der Waals surface area contributed by atoms with Crippen molar-refractivity contribution in [3.8, 4) is 11.5 Å². The van der Waals surface area contributed by atoms with Crippen LogP contribution in [0.5, 0.6) is 11.5 Å². The van der Waals surface area contributed by atoms with Crippen molar-refractivity contribution >= 4 is 6.03 Å². The van der Waals surface area contributed by atoms with Gasteiger partial charge in [-0.15, -0.1) is 5.10 Å². The second-order valence-electron chi connectivity index (χ2n) is 8.36. The molecular formula is C22H32N6O4. The molecule has 10 heteroatoms. The number of urea groups is 1. The molecule has 1 spiro atoms. The van der Waals surface area contributed by atoms with Gasteiger partial charge in [-0.1, -0.05) is 18.2 Å². The molecular weight excluding hydrogens is 412 g/mol. The van der Waals surface area contributed by atoms with Crippen molar-refractivity contribution in [2.75, 3.05) is 33.9 Å². The van der Waals surface area contributed by atoms with E-state index in [2.05, 4.69) is 31.9 Å². The van der Waals surface area contributed by atoms with Crippen molar-refractivity contribution in [1.29, 1.82) is 0 Å². The topological polar surface area (TPSA) is 103 Å². The molecule has 0 aliphatic carbocycles. The number of likely N-dealkylation sites (tertiary alicyclic amines) is 1. The number of benzene rings is 1. The molecule has 10 nitrogen and oxygen atoms in total. The third kappa shape index (κ3) is 4.81. The van der Waals surface area contributed by atoms with E-state index in [1.54, 1.807) is 14.2 Å². The second-order valence-corrected chi connectivity index (χ2v) is 8.36. The van der Waals surface area contributed by atoms with Gasteiger partial charge in [0.2, 0.25) is 0 Å². The zero-order valence-electron chi connectivity index (χ0n) is 19.0. The van der Waals surface area contributed by atoms with Gasteiger partial charge < -0.3 is 24.8 Å². The number of fused-ring (bicyclic) bond motifs is 1. The minimum absolute atomic E-state index is 0.192. The van der Waals surface area contributed by atoms with Gasteiger partial charge in [-0.25, -0.2) is 9.48 Å². The second kappa shape index (κ2) is 9.74. The van der Waals surface area contributed by atoms with Crippen LogP contribution in [0.3, 0.4) is 0 Å². The number of methoxy groups -OCH3 is 2. The standard InChI is InChI=1S/C22H32N6O4/c1-4-8-23-21(29)24-11-18-19-13-32-22(15-28(19)26-25-18)7-9-27(14-22)12-16-5-6-17(30-2)10-20(16)31-3/h5-6,10H,4,7-9,11-15H2,1-3H3,(H2,23,24,29). The Bertz CT molecular complexity index is 948. The fourth-order valence-electron chi connectivity index (χ4n) is 4.33. The van der Waals surface area contributed by atoms with Crippen LogP contribution in [-0.2, 0) is 31.0 Å². The molecule has 2 amide bonds. The summed E-state index contributed by atoms with van der Waals surface area (Å²) in [4.78, 5) is 14.2. The Morgan fingerprint density at radius 2 is 2.12 bits per heavy atom. The number of ether oxygens (including phenoxy) is 3. The molecule has 2 aromatic rings. The number of rotatable bonds is 8. The maximum atomic E-state index is 11.8. The molecule has 0 radical (unpaired) electrons. The summed E-state index contributed by atoms with van der Waals surface area (Å²) in [6.07, 6.45) is 1.82. The Balaban J connectivity index is 1.36. The Morgan fingerprint density at radius 1 is 1.25 bits per heavy atom. The van der Waals surface area contributed by atoms with E-state index in [0.717, 1.165) is 60.9 Å². The Hall–Kier alpha value is -2.85. The minimum Gasteiger partial charge on any atom is -0.497 e. The number of aromatic nitrogens is 3. The SMILES string of the molecule is CCCNC(=O)NCc1nnn2c1COC1(CCN(Cc3ccc(OC)cc3OC)C1)C2. The largest absolute Gasteiger partial charge is 0.497 e. The Kier molecular flexibility index (Phi) is 6.80. The van der Waals surface area contributed by atoms with Crippen LogP contribution in [0.2, 0.25) is 0 Å². The normalized spacial score (nSPS) is 20.2. The predicted octanol–water partition coefficient (Wildman–Crippen LogP) is 1.68. The summed E-state index contributed by atoms with van der Waals surface area (Å²) in [5, 5.41) is 14.2. The number of amides is 2. The van der Waals surface area contributed by atoms with Crippen molar-refractivity contribution in [2.45, 2.75) is 51.6 Å². The van der Waals surface area contributed by atoms with Crippen LogP contribution in [0.4, 0.5) is 4.79 Å². The highest BCUT2D eigenvalue weighted by Crippen LogP contribution is 2.34. The summed E-state index contributed by atoms with van der Waals surface area (Å²) in [5.41, 5.74) is 2.53. The number of nitrogens with zero attached hydrogens (tertiary/aromatic N) is 4. The summed E-state index contributed by atoms with van der Waals surface area (Å²) in [7, 11) is 3.33. The van der Waals surface area contributed by atoms with E-state index in [0.29, 0.717) is 26.2 Å². The molecule has 1 aromatic carbocycles. The van der Waals surface area contributed by atoms with Gasteiger partial charge in [-0.05, 0) is 18.9 Å². The summed E-state index contributed by atoms with van der Waals surface area (Å²) in [6, 6.07) is 5.73. The van der Waals surface area contributed by atoms with Crippen LogP contribution < -0.4 is 20.1 Å². The first-order valence-corrected chi connectivity index (χ1v) is 11.1. The van der Waals surface area contributed by atoms with Gasteiger partial charge in [0.1, 0.15) is 22.8 Å². The van der Waals surface area contributed by atoms with Crippen molar-refractivity contribution in [2.24, 2.45) is 0 Å². The first kappa shape index (κ1) is 22.3. The molecule has 1 aromatic heterocycles. The molecule has 1 fully saturated rings. The number of hydrogen-bond donors (Lipinski definition) is 2. The maximum absolute atomic E-state index is 11.8. The fourth-order valence-corrected chi connectivity index (χ4v) is 4.33. The first-order valence-electron chi connectivity index (χ1n) is 11.1. The highest BCUT2D eigenvalue weighted by Gasteiger charge is 2.43. The fraction of sp³-hybridized carbons (Fsp3) is 0.591. The van der Waals surface area contributed by atoms with Crippen molar-refractivity contribution in [1.82, 2.24) is 30.5 Å². The number of nitrogens with one attached hydrogen (secondary N) is 2. The maximum Gasteiger partial charge on any atom is 0.315 e. The van der Waals surface area contributed by atoms with Crippen LogP contribution >= 0.6 is 0 Å². The average Bonchev–Trinajstić information content (AvgIpc) is 3.39. The molecule has 0 bridgehead atoms. The van der Waals surface area contributed by atoms with Gasteiger partial charge in [0.05, 0.1) is 39.6 Å². The lowest BCUT2D eigenvalue weighted by Crippen LogP contribution is -2.44. The molecule has 2 N–H and O–H groups in total. The molecule has 1 saturated heterocycles. The Morgan fingerprint density at radius 3 is 2.91 bits per heavy atom. The molecule has 2 aliphatic heterocycles. The highest BCUT2D eigenvalue weighted by molar-refractivity contribution is 5.73. The van der Waals surface area contributed by atoms with E-state index >= 15 is 0 Å². The van der Waals surface area contributed by atoms with Gasteiger partial charge in [0, 0.05) is 37.8 Å². The van der Waals surface area contributed by atoms with Crippen LogP contribution in [0.25, 0.3) is 0 Å². The van der Waals surface area contributed by atoms with Gasteiger partial charge in [-0.3, -0.25) is 4.90 Å². The molecule has 4 rings (SSSR count). The lowest BCUT2D eigenvalue weighted by molar-refractivity contribution is -0.0845. The van der Waals surface area contributed by atoms with Crippen LogP contribution in [0.15, 0.2) is 18.2 Å². The third-order valence-electron chi connectivity index (χ3n) is 6.11. The van der Waals surface area contributed by atoms with E-state index in [1.165, 1.54) is 0 Å². The predicted molar refractivity (Wildman–Crippen MR) is 118 cm³/mol. The van der Waals surface area contributed by atoms with Gasteiger partial charge in [0.25, 0.3) is 0 Å². The molecule has 174 valence electrons. The van der Waals surface area contributed by atoms with E-state index in [9.17, 15) is 4.79 Å². The summed E-state index contributed by atoms with van der Waals surface area (Å²) in [5.74, 6) is 1.61. The summed E-state index contributed by atoms with van der Waals surface area (Å²) in [6.45, 7) is 6.64. The molecule has 1 atom stereocenters.